The van der Waals surface area contributed by atoms with E-state index in [2.05, 4.69) is 48.8 Å². The first-order valence-electron chi connectivity index (χ1n) is 6.87. The monoisotopic (exact) mass is 330 g/mol. The lowest BCUT2D eigenvalue weighted by molar-refractivity contribution is -0.0789. The van der Waals surface area contributed by atoms with Gasteiger partial charge in [-0.2, -0.15) is 0 Å². The molecule has 1 heterocycles. The van der Waals surface area contributed by atoms with Crippen LogP contribution in [-0.4, -0.2) is 10.7 Å². The van der Waals surface area contributed by atoms with Crippen LogP contribution in [0.1, 0.15) is 44.9 Å². The predicted octanol–water partition coefficient (Wildman–Crippen LogP) is 4.88. The topological polar surface area (TPSA) is 20.2 Å². The Bertz CT molecular complexity index is 401. The third-order valence-electron chi connectivity index (χ3n) is 4.28. The molecule has 1 aromatic heterocycles. The maximum Gasteiger partial charge on any atom is 0.0728 e. The summed E-state index contributed by atoms with van der Waals surface area (Å²) in [5.74, 6) is 1.65. The quantitative estimate of drug-likeness (QED) is 0.837. The van der Waals surface area contributed by atoms with Crippen LogP contribution in [0.25, 0.3) is 0 Å². The zero-order chi connectivity index (χ0) is 13.3. The highest BCUT2D eigenvalue weighted by molar-refractivity contribution is 9.11. The fourth-order valence-electron chi connectivity index (χ4n) is 3.50. The van der Waals surface area contributed by atoms with Crippen LogP contribution in [0.2, 0.25) is 0 Å². The summed E-state index contributed by atoms with van der Waals surface area (Å²) >= 11 is 5.26. The molecule has 0 radical (unpaired) electrons. The van der Waals surface area contributed by atoms with Crippen LogP contribution in [0.3, 0.4) is 0 Å². The summed E-state index contributed by atoms with van der Waals surface area (Å²) in [4.78, 5) is 1.30. The van der Waals surface area contributed by atoms with E-state index in [4.69, 9.17) is 0 Å². The van der Waals surface area contributed by atoms with Crippen LogP contribution in [0.5, 0.6) is 0 Å². The van der Waals surface area contributed by atoms with Gasteiger partial charge in [0, 0.05) is 11.3 Å². The zero-order valence-electron chi connectivity index (χ0n) is 11.4. The standard InChI is InChI=1S/C15H23BrOS/c1-10(2)13-6-4-11(3)8-15(13,17)9-12-5-7-14(16)18-12/h5,7,10-11,13,17H,4,6,8-9H2,1-3H3. The van der Waals surface area contributed by atoms with E-state index in [9.17, 15) is 5.11 Å². The van der Waals surface area contributed by atoms with Crippen molar-refractivity contribution in [2.45, 2.75) is 52.1 Å². The molecular formula is C15H23BrOS. The van der Waals surface area contributed by atoms with Crippen molar-refractivity contribution in [1.82, 2.24) is 0 Å². The summed E-state index contributed by atoms with van der Waals surface area (Å²) < 4.78 is 1.16. The lowest BCUT2D eigenvalue weighted by Crippen LogP contribution is -2.47. The smallest absolute Gasteiger partial charge is 0.0728 e. The van der Waals surface area contributed by atoms with Gasteiger partial charge in [-0.15, -0.1) is 11.3 Å². The van der Waals surface area contributed by atoms with Gasteiger partial charge in [-0.25, -0.2) is 0 Å². The van der Waals surface area contributed by atoms with E-state index >= 15 is 0 Å². The lowest BCUT2D eigenvalue weighted by atomic mass is 9.65. The highest BCUT2D eigenvalue weighted by atomic mass is 79.9. The lowest BCUT2D eigenvalue weighted by Gasteiger charge is -2.44. The Morgan fingerprint density at radius 3 is 2.72 bits per heavy atom. The Morgan fingerprint density at radius 1 is 1.44 bits per heavy atom. The molecule has 1 N–H and O–H groups in total. The van der Waals surface area contributed by atoms with Crippen LogP contribution in [0, 0.1) is 17.8 Å². The van der Waals surface area contributed by atoms with Crippen LogP contribution in [0.4, 0.5) is 0 Å². The molecule has 0 bridgehead atoms. The third-order valence-corrected chi connectivity index (χ3v) is 5.90. The minimum atomic E-state index is -0.504. The number of aliphatic hydroxyl groups is 1. The minimum absolute atomic E-state index is 0.439. The molecule has 1 aliphatic rings. The molecule has 1 nitrogen and oxygen atoms in total. The van der Waals surface area contributed by atoms with Gasteiger partial charge >= 0.3 is 0 Å². The summed E-state index contributed by atoms with van der Waals surface area (Å²) in [6, 6.07) is 4.23. The van der Waals surface area contributed by atoms with Gasteiger partial charge in [0.05, 0.1) is 9.39 Å². The Hall–Kier alpha value is 0.140. The molecule has 1 aliphatic carbocycles. The van der Waals surface area contributed by atoms with E-state index < -0.39 is 5.60 Å². The van der Waals surface area contributed by atoms with Gasteiger partial charge in [-0.3, -0.25) is 0 Å². The highest BCUT2D eigenvalue weighted by Gasteiger charge is 2.42. The summed E-state index contributed by atoms with van der Waals surface area (Å²) in [5, 5.41) is 11.1. The second-order valence-electron chi connectivity index (χ2n) is 6.22. The Labute approximate surface area is 123 Å². The van der Waals surface area contributed by atoms with E-state index in [0.717, 1.165) is 16.6 Å². The molecule has 0 amide bonds. The molecule has 1 aromatic rings. The number of hydrogen-bond donors (Lipinski definition) is 1. The molecule has 0 aliphatic heterocycles. The molecular weight excluding hydrogens is 308 g/mol. The van der Waals surface area contributed by atoms with E-state index in [1.807, 2.05) is 0 Å². The number of halogens is 1. The van der Waals surface area contributed by atoms with Crippen molar-refractivity contribution in [2.24, 2.45) is 17.8 Å². The van der Waals surface area contributed by atoms with Crippen molar-refractivity contribution < 1.29 is 5.11 Å². The van der Waals surface area contributed by atoms with Crippen molar-refractivity contribution in [3.63, 3.8) is 0 Å². The van der Waals surface area contributed by atoms with Crippen molar-refractivity contribution in [3.8, 4) is 0 Å². The minimum Gasteiger partial charge on any atom is -0.389 e. The first-order chi connectivity index (χ1) is 8.40. The molecule has 0 spiro atoms. The highest BCUT2D eigenvalue weighted by Crippen LogP contribution is 2.43. The predicted molar refractivity (Wildman–Crippen MR) is 82.0 cm³/mol. The summed E-state index contributed by atoms with van der Waals surface area (Å²) in [6.07, 6.45) is 4.20. The SMILES string of the molecule is CC1CCC(C(C)C)C(O)(Cc2ccc(Br)s2)C1. The van der Waals surface area contributed by atoms with Gasteiger partial charge in [0.25, 0.3) is 0 Å². The average Bonchev–Trinajstić information content (AvgIpc) is 2.62. The van der Waals surface area contributed by atoms with Crippen molar-refractivity contribution >= 4 is 27.3 Å². The first-order valence-corrected chi connectivity index (χ1v) is 8.48. The van der Waals surface area contributed by atoms with Crippen LogP contribution < -0.4 is 0 Å². The molecule has 18 heavy (non-hydrogen) atoms. The Kier molecular flexibility index (Phi) is 4.56. The van der Waals surface area contributed by atoms with E-state index in [1.54, 1.807) is 11.3 Å². The second kappa shape index (κ2) is 5.64. The van der Waals surface area contributed by atoms with Gasteiger partial charge in [0.15, 0.2) is 0 Å². The zero-order valence-corrected chi connectivity index (χ0v) is 13.9. The summed E-state index contributed by atoms with van der Waals surface area (Å²) in [6.45, 7) is 6.76. The van der Waals surface area contributed by atoms with E-state index in [-0.39, 0.29) is 0 Å². The third kappa shape index (κ3) is 3.17. The molecule has 3 unspecified atom stereocenters. The molecule has 0 aromatic carbocycles. The molecule has 1 fully saturated rings. The molecule has 3 atom stereocenters. The van der Waals surface area contributed by atoms with E-state index in [1.165, 1.54) is 17.7 Å². The number of rotatable bonds is 3. The Balaban J connectivity index is 2.18. The van der Waals surface area contributed by atoms with E-state index in [0.29, 0.717) is 17.8 Å². The van der Waals surface area contributed by atoms with Crippen molar-refractivity contribution in [2.75, 3.05) is 0 Å². The molecule has 102 valence electrons. The summed E-state index contributed by atoms with van der Waals surface area (Å²) in [7, 11) is 0. The number of thiophene rings is 1. The van der Waals surface area contributed by atoms with Crippen LogP contribution >= 0.6 is 27.3 Å². The van der Waals surface area contributed by atoms with Crippen molar-refractivity contribution in [1.29, 1.82) is 0 Å². The molecule has 1 saturated carbocycles. The summed E-state index contributed by atoms with van der Waals surface area (Å²) in [5.41, 5.74) is -0.504. The fourth-order valence-corrected chi connectivity index (χ4v) is 5.10. The molecule has 3 heteroatoms. The van der Waals surface area contributed by atoms with Crippen LogP contribution in [0.15, 0.2) is 15.9 Å². The maximum atomic E-state index is 11.1. The van der Waals surface area contributed by atoms with Gasteiger partial charge in [0.2, 0.25) is 0 Å². The first kappa shape index (κ1) is 14.5. The normalized spacial score (nSPS) is 33.0. The van der Waals surface area contributed by atoms with Gasteiger partial charge in [0.1, 0.15) is 0 Å². The van der Waals surface area contributed by atoms with Gasteiger partial charge < -0.3 is 5.11 Å². The molecule has 2 rings (SSSR count). The maximum absolute atomic E-state index is 11.1. The Morgan fingerprint density at radius 2 is 2.17 bits per heavy atom. The van der Waals surface area contributed by atoms with Gasteiger partial charge in [-0.1, -0.05) is 27.2 Å². The van der Waals surface area contributed by atoms with Crippen molar-refractivity contribution in [3.05, 3.63) is 20.8 Å². The second-order valence-corrected chi connectivity index (χ2v) is 8.77. The number of hydrogen-bond acceptors (Lipinski definition) is 2. The average molecular weight is 331 g/mol. The van der Waals surface area contributed by atoms with Gasteiger partial charge in [-0.05, 0) is 58.7 Å². The largest absolute Gasteiger partial charge is 0.389 e. The molecule has 0 saturated heterocycles. The fraction of sp³-hybridized carbons (Fsp3) is 0.733. The van der Waals surface area contributed by atoms with Crippen LogP contribution in [-0.2, 0) is 6.42 Å².